The summed E-state index contributed by atoms with van der Waals surface area (Å²) in [6.07, 6.45) is 4.55. The molecule has 2 amide bonds. The highest BCUT2D eigenvalue weighted by atomic mass is 16.2. The van der Waals surface area contributed by atoms with Crippen LogP contribution in [0.25, 0.3) is 11.3 Å². The molecule has 1 fully saturated rings. The SMILES string of the molecule is NC(=O)c1c(-c2ccc(C(=O)Nc3cccnn3)cc2)nc(C2CCCCN2)n1N. The maximum atomic E-state index is 12.4. The van der Waals surface area contributed by atoms with E-state index in [4.69, 9.17) is 11.6 Å². The van der Waals surface area contributed by atoms with Crippen molar-refractivity contribution >= 4 is 17.6 Å². The molecule has 1 saturated heterocycles. The van der Waals surface area contributed by atoms with Gasteiger partial charge in [-0.15, -0.1) is 5.10 Å². The zero-order valence-electron chi connectivity index (χ0n) is 16.2. The van der Waals surface area contributed by atoms with E-state index < -0.39 is 5.91 Å². The summed E-state index contributed by atoms with van der Waals surface area (Å²) < 4.78 is 1.27. The summed E-state index contributed by atoms with van der Waals surface area (Å²) in [4.78, 5) is 29.1. The van der Waals surface area contributed by atoms with Crippen molar-refractivity contribution in [3.05, 3.63) is 59.7 Å². The fraction of sp³-hybridized carbons (Fsp3) is 0.250. The number of amides is 2. The van der Waals surface area contributed by atoms with Crippen LogP contribution in [0.1, 0.15) is 52.0 Å². The summed E-state index contributed by atoms with van der Waals surface area (Å²) >= 11 is 0. The van der Waals surface area contributed by atoms with Crippen molar-refractivity contribution in [2.75, 3.05) is 17.7 Å². The Balaban J connectivity index is 1.62. The molecule has 1 aromatic carbocycles. The highest BCUT2D eigenvalue weighted by Gasteiger charge is 2.27. The molecule has 10 heteroatoms. The smallest absolute Gasteiger partial charge is 0.269 e. The van der Waals surface area contributed by atoms with E-state index in [1.807, 2.05) is 0 Å². The third-order valence-corrected chi connectivity index (χ3v) is 5.03. The molecule has 2 aromatic heterocycles. The van der Waals surface area contributed by atoms with E-state index in [0.717, 1.165) is 25.8 Å². The molecular formula is C20H22N8O2. The number of rotatable bonds is 5. The normalized spacial score (nSPS) is 16.2. The van der Waals surface area contributed by atoms with Gasteiger partial charge < -0.3 is 22.2 Å². The highest BCUT2D eigenvalue weighted by Crippen LogP contribution is 2.28. The van der Waals surface area contributed by atoms with Gasteiger partial charge in [0.25, 0.3) is 11.8 Å². The molecule has 0 saturated carbocycles. The molecule has 4 rings (SSSR count). The van der Waals surface area contributed by atoms with Gasteiger partial charge in [-0.3, -0.25) is 9.59 Å². The Kier molecular flexibility index (Phi) is 5.40. The van der Waals surface area contributed by atoms with Gasteiger partial charge in [0.2, 0.25) is 0 Å². The van der Waals surface area contributed by atoms with Crippen molar-refractivity contribution in [1.29, 1.82) is 0 Å². The first-order valence-corrected chi connectivity index (χ1v) is 9.65. The van der Waals surface area contributed by atoms with Crippen molar-refractivity contribution in [2.45, 2.75) is 25.3 Å². The van der Waals surface area contributed by atoms with Crippen molar-refractivity contribution < 1.29 is 9.59 Å². The molecular weight excluding hydrogens is 384 g/mol. The molecule has 154 valence electrons. The summed E-state index contributed by atoms with van der Waals surface area (Å²) in [7, 11) is 0. The van der Waals surface area contributed by atoms with Gasteiger partial charge in [-0.2, -0.15) is 5.10 Å². The van der Waals surface area contributed by atoms with Crippen molar-refractivity contribution in [2.24, 2.45) is 5.73 Å². The number of primary amides is 1. The maximum absolute atomic E-state index is 12.4. The molecule has 30 heavy (non-hydrogen) atoms. The highest BCUT2D eigenvalue weighted by molar-refractivity contribution is 6.04. The van der Waals surface area contributed by atoms with Crippen LogP contribution < -0.4 is 22.2 Å². The fourth-order valence-electron chi connectivity index (χ4n) is 3.54. The Bertz CT molecular complexity index is 1060. The zero-order chi connectivity index (χ0) is 21.1. The lowest BCUT2D eigenvalue weighted by Gasteiger charge is -2.22. The summed E-state index contributed by atoms with van der Waals surface area (Å²) in [5.74, 6) is 6.12. The predicted molar refractivity (Wildman–Crippen MR) is 111 cm³/mol. The lowest BCUT2D eigenvalue weighted by atomic mass is 10.0. The van der Waals surface area contributed by atoms with E-state index in [-0.39, 0.29) is 17.6 Å². The van der Waals surface area contributed by atoms with Gasteiger partial charge in [0, 0.05) is 17.3 Å². The number of carbonyl (C=O) groups excluding carboxylic acids is 2. The number of aromatic nitrogens is 4. The second-order valence-electron chi connectivity index (χ2n) is 7.04. The van der Waals surface area contributed by atoms with Gasteiger partial charge in [-0.1, -0.05) is 18.6 Å². The zero-order valence-corrected chi connectivity index (χ0v) is 16.2. The molecule has 1 aliphatic rings. The lowest BCUT2D eigenvalue weighted by molar-refractivity contribution is 0.0991. The van der Waals surface area contributed by atoms with E-state index in [0.29, 0.717) is 28.5 Å². The lowest BCUT2D eigenvalue weighted by Crippen LogP contribution is -2.32. The number of hydrogen-bond acceptors (Lipinski definition) is 7. The Morgan fingerprint density at radius 1 is 1.17 bits per heavy atom. The quantitative estimate of drug-likeness (QED) is 0.464. The standard InChI is InChI=1S/C20H22N8O2/c21-18(29)17-16(26-19(28(17)22)14-4-1-2-10-23-14)12-6-8-13(9-7-12)20(30)25-15-5-3-11-24-27-15/h3,5-9,11,14,23H,1-2,4,10,22H2,(H2,21,29)(H,25,27,30). The van der Waals surface area contributed by atoms with Gasteiger partial charge in [-0.05, 0) is 43.7 Å². The van der Waals surface area contributed by atoms with Crippen LogP contribution in [0.5, 0.6) is 0 Å². The van der Waals surface area contributed by atoms with E-state index in [9.17, 15) is 9.59 Å². The van der Waals surface area contributed by atoms with Crippen LogP contribution in [0.3, 0.4) is 0 Å². The molecule has 0 aliphatic carbocycles. The molecule has 0 radical (unpaired) electrons. The number of benzene rings is 1. The topological polar surface area (TPSA) is 154 Å². The minimum atomic E-state index is -0.661. The average molecular weight is 406 g/mol. The molecule has 10 nitrogen and oxygen atoms in total. The molecule has 0 spiro atoms. The van der Waals surface area contributed by atoms with E-state index in [1.165, 1.54) is 10.9 Å². The first kappa shape index (κ1) is 19.5. The Morgan fingerprint density at radius 2 is 1.97 bits per heavy atom. The molecule has 1 unspecified atom stereocenters. The number of hydrogen-bond donors (Lipinski definition) is 4. The number of piperidine rings is 1. The van der Waals surface area contributed by atoms with Crippen LogP contribution in [0.15, 0.2) is 42.6 Å². The third kappa shape index (κ3) is 3.85. The summed E-state index contributed by atoms with van der Waals surface area (Å²) in [6.45, 7) is 0.869. The van der Waals surface area contributed by atoms with E-state index in [2.05, 4.69) is 25.8 Å². The average Bonchev–Trinajstić information content (AvgIpc) is 3.12. The second-order valence-corrected chi connectivity index (χ2v) is 7.04. The van der Waals surface area contributed by atoms with Gasteiger partial charge in [-0.25, -0.2) is 9.66 Å². The number of nitrogens with two attached hydrogens (primary N) is 2. The van der Waals surface area contributed by atoms with Crippen LogP contribution in [0.4, 0.5) is 5.82 Å². The fourth-order valence-corrected chi connectivity index (χ4v) is 3.54. The van der Waals surface area contributed by atoms with Crippen LogP contribution in [-0.4, -0.2) is 38.2 Å². The summed E-state index contributed by atoms with van der Waals surface area (Å²) in [5.41, 5.74) is 7.18. The molecule has 0 bridgehead atoms. The van der Waals surface area contributed by atoms with Crippen LogP contribution in [0, 0.1) is 0 Å². The number of anilines is 1. The third-order valence-electron chi connectivity index (χ3n) is 5.03. The Hall–Kier alpha value is -3.79. The van der Waals surface area contributed by atoms with Gasteiger partial charge in [0.1, 0.15) is 11.5 Å². The summed E-state index contributed by atoms with van der Waals surface area (Å²) in [6, 6.07) is 9.98. The number of nitrogens with one attached hydrogen (secondary N) is 2. The number of carbonyl (C=O) groups is 2. The Morgan fingerprint density at radius 3 is 2.60 bits per heavy atom. The maximum Gasteiger partial charge on any atom is 0.269 e. The molecule has 1 aliphatic heterocycles. The monoisotopic (exact) mass is 406 g/mol. The van der Waals surface area contributed by atoms with E-state index in [1.54, 1.807) is 36.4 Å². The predicted octanol–water partition coefficient (Wildman–Crippen LogP) is 1.22. The second kappa shape index (κ2) is 8.29. The summed E-state index contributed by atoms with van der Waals surface area (Å²) in [5, 5.41) is 13.6. The molecule has 3 heterocycles. The largest absolute Gasteiger partial charge is 0.364 e. The number of imidazole rings is 1. The van der Waals surface area contributed by atoms with Crippen LogP contribution >= 0.6 is 0 Å². The Labute approximate surface area is 172 Å². The molecule has 3 aromatic rings. The first-order valence-electron chi connectivity index (χ1n) is 9.65. The number of nitrogen functional groups attached to an aromatic ring is 1. The van der Waals surface area contributed by atoms with Crippen LogP contribution in [-0.2, 0) is 0 Å². The van der Waals surface area contributed by atoms with Crippen molar-refractivity contribution in [3.8, 4) is 11.3 Å². The minimum Gasteiger partial charge on any atom is -0.364 e. The van der Waals surface area contributed by atoms with Crippen molar-refractivity contribution in [1.82, 2.24) is 25.2 Å². The molecule has 1 atom stereocenters. The van der Waals surface area contributed by atoms with Crippen LogP contribution in [0.2, 0.25) is 0 Å². The van der Waals surface area contributed by atoms with Crippen molar-refractivity contribution in [3.63, 3.8) is 0 Å². The number of nitrogens with zero attached hydrogens (tertiary/aromatic N) is 4. The van der Waals surface area contributed by atoms with Gasteiger partial charge in [0.15, 0.2) is 11.5 Å². The minimum absolute atomic E-state index is 0.0346. The van der Waals surface area contributed by atoms with Gasteiger partial charge >= 0.3 is 0 Å². The van der Waals surface area contributed by atoms with E-state index >= 15 is 0 Å². The first-order chi connectivity index (χ1) is 14.5. The van der Waals surface area contributed by atoms with Gasteiger partial charge in [0.05, 0.1) is 6.04 Å². The molecule has 6 N–H and O–H groups in total.